The standard InChI is InChI=1S/C17H17Cl2F3N2O3S/c1-24-5-4-12(9-24)27-15-8-11(2-3-13(15)17(20,21)22)23-28(25,26)16-7-10(18)6-14(16)19/h2-3,7-8,12,23H,4-6,9H2,1H3/t12-/m1/s1. The Bertz CT molecular complexity index is 945. The summed E-state index contributed by atoms with van der Waals surface area (Å²) in [5, 5.41) is 0.294. The van der Waals surface area contributed by atoms with Crippen molar-refractivity contribution in [3.8, 4) is 5.75 Å². The van der Waals surface area contributed by atoms with E-state index in [1.807, 2.05) is 11.9 Å². The summed E-state index contributed by atoms with van der Waals surface area (Å²) >= 11 is 11.7. The Morgan fingerprint density at radius 1 is 1.29 bits per heavy atom. The summed E-state index contributed by atoms with van der Waals surface area (Å²) in [6, 6.07) is 2.86. The lowest BCUT2D eigenvalue weighted by molar-refractivity contribution is -0.139. The third-order valence-electron chi connectivity index (χ3n) is 4.35. The van der Waals surface area contributed by atoms with Crippen molar-refractivity contribution in [1.82, 2.24) is 4.90 Å². The summed E-state index contributed by atoms with van der Waals surface area (Å²) < 4.78 is 72.8. The van der Waals surface area contributed by atoms with Crippen LogP contribution in [0.3, 0.4) is 0 Å². The molecule has 5 nitrogen and oxygen atoms in total. The highest BCUT2D eigenvalue weighted by Gasteiger charge is 2.36. The van der Waals surface area contributed by atoms with Crippen LogP contribution in [0.25, 0.3) is 0 Å². The second-order valence-corrected chi connectivity index (χ2v) is 9.23. The summed E-state index contributed by atoms with van der Waals surface area (Å²) in [6.07, 6.45) is -3.16. The quantitative estimate of drug-likeness (QED) is 0.707. The van der Waals surface area contributed by atoms with Gasteiger partial charge in [-0.3, -0.25) is 4.72 Å². The summed E-state index contributed by atoms with van der Waals surface area (Å²) in [7, 11) is -2.26. The van der Waals surface area contributed by atoms with Crippen LogP contribution in [0.4, 0.5) is 18.9 Å². The zero-order valence-corrected chi connectivity index (χ0v) is 17.0. The number of likely N-dealkylation sites (N-methyl/N-ethyl adjacent to an activating group) is 1. The number of ether oxygens (including phenoxy) is 1. The molecule has 1 N–H and O–H groups in total. The van der Waals surface area contributed by atoms with Crippen LogP contribution in [0.1, 0.15) is 18.4 Å². The number of allylic oxidation sites excluding steroid dienone is 3. The maximum atomic E-state index is 13.3. The summed E-state index contributed by atoms with van der Waals surface area (Å²) in [5.74, 6) is -0.423. The van der Waals surface area contributed by atoms with Gasteiger partial charge in [-0.2, -0.15) is 13.2 Å². The maximum Gasteiger partial charge on any atom is 0.419 e. The van der Waals surface area contributed by atoms with E-state index in [1.165, 1.54) is 6.08 Å². The highest BCUT2D eigenvalue weighted by molar-refractivity contribution is 7.96. The number of hydrogen-bond donors (Lipinski definition) is 1. The fraction of sp³-hybridized carbons (Fsp3) is 0.412. The van der Waals surface area contributed by atoms with E-state index in [9.17, 15) is 21.6 Å². The number of hydrogen-bond acceptors (Lipinski definition) is 4. The molecule has 0 bridgehead atoms. The average molecular weight is 457 g/mol. The molecule has 1 aliphatic carbocycles. The van der Waals surface area contributed by atoms with E-state index in [0.717, 1.165) is 18.2 Å². The molecule has 1 aromatic rings. The minimum atomic E-state index is -4.63. The predicted molar refractivity (Wildman–Crippen MR) is 102 cm³/mol. The first-order valence-corrected chi connectivity index (χ1v) is 10.5. The molecule has 28 heavy (non-hydrogen) atoms. The molecule has 1 aliphatic heterocycles. The number of nitrogens with one attached hydrogen (secondary N) is 1. The van der Waals surface area contributed by atoms with Gasteiger partial charge in [0.25, 0.3) is 10.0 Å². The molecule has 0 saturated carbocycles. The van der Waals surface area contributed by atoms with Gasteiger partial charge in [0, 0.05) is 35.6 Å². The molecule has 1 aromatic carbocycles. The molecular weight excluding hydrogens is 440 g/mol. The van der Waals surface area contributed by atoms with Crippen molar-refractivity contribution in [3.63, 3.8) is 0 Å². The summed E-state index contributed by atoms with van der Waals surface area (Å²) in [6.45, 7) is 1.19. The van der Waals surface area contributed by atoms with Gasteiger partial charge in [-0.1, -0.05) is 23.2 Å². The highest BCUT2D eigenvalue weighted by atomic mass is 35.5. The number of sulfonamides is 1. The molecule has 1 atom stereocenters. The highest BCUT2D eigenvalue weighted by Crippen LogP contribution is 2.40. The van der Waals surface area contributed by atoms with Crippen molar-refractivity contribution in [2.75, 3.05) is 24.9 Å². The molecule has 11 heteroatoms. The van der Waals surface area contributed by atoms with Gasteiger partial charge in [-0.15, -0.1) is 0 Å². The third-order valence-corrected chi connectivity index (χ3v) is 6.49. The number of benzene rings is 1. The van der Waals surface area contributed by atoms with Crippen molar-refractivity contribution >= 4 is 38.9 Å². The first-order chi connectivity index (χ1) is 13.0. The van der Waals surface area contributed by atoms with Gasteiger partial charge >= 0.3 is 6.18 Å². The van der Waals surface area contributed by atoms with Crippen molar-refractivity contribution in [3.05, 3.63) is 44.8 Å². The van der Waals surface area contributed by atoms with Crippen molar-refractivity contribution in [2.45, 2.75) is 25.1 Å². The fourth-order valence-corrected chi connectivity index (χ4v) is 5.12. The molecule has 0 aromatic heterocycles. The third kappa shape index (κ3) is 4.76. The van der Waals surface area contributed by atoms with Gasteiger partial charge in [-0.25, -0.2) is 8.42 Å². The van der Waals surface area contributed by atoms with Crippen LogP contribution in [0.15, 0.2) is 39.2 Å². The van der Waals surface area contributed by atoms with Crippen molar-refractivity contribution in [2.24, 2.45) is 0 Å². The van der Waals surface area contributed by atoms with Gasteiger partial charge in [0.1, 0.15) is 16.8 Å². The van der Waals surface area contributed by atoms with Crippen LogP contribution in [0.5, 0.6) is 5.75 Å². The maximum absolute atomic E-state index is 13.3. The monoisotopic (exact) mass is 456 g/mol. The van der Waals surface area contributed by atoms with Gasteiger partial charge in [0.2, 0.25) is 0 Å². The normalized spacial score (nSPS) is 21.2. The number of nitrogens with zero attached hydrogens (tertiary/aromatic N) is 1. The Kier molecular flexibility index (Phi) is 5.91. The van der Waals surface area contributed by atoms with Gasteiger partial charge in [0.15, 0.2) is 0 Å². The Labute approximate surface area is 170 Å². The number of rotatable bonds is 5. The molecule has 1 fully saturated rings. The summed E-state index contributed by atoms with van der Waals surface area (Å²) in [5.41, 5.74) is -1.03. The fourth-order valence-electron chi connectivity index (χ4n) is 3.03. The van der Waals surface area contributed by atoms with E-state index < -0.39 is 33.6 Å². The zero-order valence-electron chi connectivity index (χ0n) is 14.7. The van der Waals surface area contributed by atoms with Crippen molar-refractivity contribution in [1.29, 1.82) is 0 Å². The lowest BCUT2D eigenvalue weighted by Crippen LogP contribution is -2.23. The van der Waals surface area contributed by atoms with Gasteiger partial charge in [-0.05, 0) is 31.7 Å². The molecular formula is C17H17Cl2F3N2O3S. The molecule has 0 spiro atoms. The second kappa shape index (κ2) is 7.78. The lowest BCUT2D eigenvalue weighted by atomic mass is 10.1. The Morgan fingerprint density at radius 3 is 2.54 bits per heavy atom. The molecule has 2 aliphatic rings. The van der Waals surface area contributed by atoms with Gasteiger partial charge < -0.3 is 9.64 Å². The average Bonchev–Trinajstić information content (AvgIpc) is 3.11. The predicted octanol–water partition coefficient (Wildman–Crippen LogP) is 4.51. The lowest BCUT2D eigenvalue weighted by Gasteiger charge is -2.19. The van der Waals surface area contributed by atoms with E-state index in [4.69, 9.17) is 27.9 Å². The summed E-state index contributed by atoms with van der Waals surface area (Å²) in [4.78, 5) is 1.73. The van der Waals surface area contributed by atoms with Crippen LogP contribution in [-0.4, -0.2) is 39.6 Å². The van der Waals surface area contributed by atoms with Crippen LogP contribution >= 0.6 is 23.2 Å². The van der Waals surface area contributed by atoms with E-state index in [0.29, 0.717) is 19.5 Å². The first-order valence-electron chi connectivity index (χ1n) is 8.29. The van der Waals surface area contributed by atoms with Crippen LogP contribution < -0.4 is 9.46 Å². The minimum absolute atomic E-state index is 0.0369. The Morgan fingerprint density at radius 2 is 2.00 bits per heavy atom. The molecule has 1 heterocycles. The molecule has 0 unspecified atom stereocenters. The second-order valence-electron chi connectivity index (χ2n) is 6.64. The number of halogens is 5. The van der Waals surface area contributed by atoms with E-state index >= 15 is 0 Å². The smallest absolute Gasteiger partial charge is 0.419 e. The van der Waals surface area contributed by atoms with Crippen LogP contribution in [-0.2, 0) is 16.2 Å². The van der Waals surface area contributed by atoms with Crippen molar-refractivity contribution < 1.29 is 26.3 Å². The van der Waals surface area contributed by atoms with Gasteiger partial charge in [0.05, 0.1) is 11.3 Å². The molecule has 0 radical (unpaired) electrons. The number of anilines is 1. The largest absolute Gasteiger partial charge is 0.488 e. The topological polar surface area (TPSA) is 58.6 Å². The molecule has 3 rings (SSSR count). The van der Waals surface area contributed by atoms with E-state index in [-0.39, 0.29) is 27.1 Å². The Balaban J connectivity index is 1.90. The molecule has 1 saturated heterocycles. The SMILES string of the molecule is CN1CC[C@@H](Oc2cc(NS(=O)(=O)C3=C(Cl)CC(Cl)=C3)ccc2C(F)(F)F)C1. The van der Waals surface area contributed by atoms with E-state index in [1.54, 1.807) is 0 Å². The van der Waals surface area contributed by atoms with Crippen LogP contribution in [0, 0.1) is 0 Å². The number of alkyl halides is 3. The Hall–Kier alpha value is -1.42. The molecule has 0 amide bonds. The molecule has 154 valence electrons. The first kappa shape index (κ1) is 21.3. The van der Waals surface area contributed by atoms with E-state index in [2.05, 4.69) is 4.72 Å². The number of likely N-dealkylation sites (tertiary alicyclic amines) is 1. The zero-order chi connectivity index (χ0) is 20.7. The minimum Gasteiger partial charge on any atom is -0.488 e. The van der Waals surface area contributed by atoms with Crippen LogP contribution in [0.2, 0.25) is 0 Å².